The lowest BCUT2D eigenvalue weighted by Crippen LogP contribution is -2.14. The Morgan fingerprint density at radius 3 is 1.45 bits per heavy atom. The monoisotopic (exact) mass is 445 g/mol. The molecule has 8 nitrogen and oxygen atoms in total. The fourth-order valence-electron chi connectivity index (χ4n) is 3.60. The molecule has 164 valence electrons. The maximum atomic E-state index is 11.6. The lowest BCUT2D eigenvalue weighted by Gasteiger charge is -2.06. The molecule has 0 saturated heterocycles. The fraction of sp³-hybridized carbons (Fsp3) is 0.526. The number of nitrogens with one attached hydrogen (secondary N) is 1. The van der Waals surface area contributed by atoms with Crippen LogP contribution in [0, 0.1) is 41.5 Å². The molecule has 0 aliphatic carbocycles. The zero-order chi connectivity index (χ0) is 22.9. The summed E-state index contributed by atoms with van der Waals surface area (Å²) in [6, 6.07) is 0. The molecule has 2 rings (SSSR count). The van der Waals surface area contributed by atoms with Crippen LogP contribution in [-0.2, 0) is 26.6 Å². The van der Waals surface area contributed by atoms with E-state index in [1.165, 1.54) is 14.2 Å². The summed E-state index contributed by atoms with van der Waals surface area (Å²) in [6.45, 7) is 11.4. The maximum absolute atomic E-state index is 11.6. The van der Waals surface area contributed by atoms with Crippen LogP contribution in [0.3, 0.4) is 0 Å². The van der Waals surface area contributed by atoms with E-state index in [0.717, 1.165) is 34.3 Å². The third-order valence-corrected chi connectivity index (χ3v) is 7.54. The third-order valence-electron chi connectivity index (χ3n) is 5.12. The van der Waals surface area contributed by atoms with Gasteiger partial charge in [0.05, 0.1) is 12.5 Å². The Kier molecular flexibility index (Phi) is 7.66. The molecule has 0 atom stereocenters. The maximum Gasteiger partial charge on any atom is 0.236 e. The van der Waals surface area contributed by atoms with Gasteiger partial charge >= 0.3 is 0 Å². The van der Waals surface area contributed by atoms with Crippen LogP contribution in [0.15, 0.2) is 0 Å². The summed E-state index contributed by atoms with van der Waals surface area (Å²) in [5, 5.41) is 3.05. The summed E-state index contributed by atoms with van der Waals surface area (Å²) >= 11 is 0. The van der Waals surface area contributed by atoms with Crippen LogP contribution in [0.2, 0.25) is 0 Å². The Labute approximate surface area is 174 Å². The smallest absolute Gasteiger partial charge is 0.236 e. The lowest BCUT2D eigenvalue weighted by atomic mass is 10.1. The quantitative estimate of drug-likeness (QED) is 0.705. The second kappa shape index (κ2) is 8.85. The highest BCUT2D eigenvalue weighted by Crippen LogP contribution is 2.23. The highest BCUT2D eigenvalue weighted by molar-refractivity contribution is 7.89. The molecule has 0 bridgehead atoms. The van der Waals surface area contributed by atoms with E-state index < -0.39 is 20.0 Å². The molecule has 0 aromatic carbocycles. The molecule has 1 N–H and O–H groups in total. The number of aldehydes is 1. The van der Waals surface area contributed by atoms with E-state index in [4.69, 9.17) is 0 Å². The molecule has 0 amide bonds. The first-order valence-electron chi connectivity index (χ1n) is 8.97. The van der Waals surface area contributed by atoms with E-state index in [1.54, 1.807) is 20.8 Å². The summed E-state index contributed by atoms with van der Waals surface area (Å²) in [5.41, 5.74) is 6.01. The summed E-state index contributed by atoms with van der Waals surface area (Å²) < 4.78 is 48.6. The largest absolute Gasteiger partial charge is 0.316 e. The minimum absolute atomic E-state index is 0.466. The number of hydrogen-bond donors (Lipinski definition) is 1. The average molecular weight is 446 g/mol. The van der Waals surface area contributed by atoms with Gasteiger partial charge < -0.3 is 5.32 Å². The summed E-state index contributed by atoms with van der Waals surface area (Å²) in [6.07, 6.45) is 3.05. The first kappa shape index (κ1) is 25.1. The molecular formula is C19H31N3O5S2. The van der Waals surface area contributed by atoms with E-state index in [0.29, 0.717) is 29.8 Å². The van der Waals surface area contributed by atoms with Crippen molar-refractivity contribution >= 4 is 26.3 Å². The Balaban J connectivity index is 0.000000291. The standard InChI is InChI=1S/C10H18N2O2S.C9H13NO3S/c1-7-8(2)12(15(5,13)14)9(3)10(7)6-11-4;1-6-7(2)10(14(4,12)13)8(3)9(6)5-11/h11H,6H2,1-5H3;5H,1-4H3. The highest BCUT2D eigenvalue weighted by Gasteiger charge is 2.20. The zero-order valence-corrected chi connectivity index (χ0v) is 20.2. The minimum atomic E-state index is -3.32. The summed E-state index contributed by atoms with van der Waals surface area (Å²) in [7, 11) is -4.66. The fourth-order valence-corrected chi connectivity index (χ4v) is 6.07. The number of nitrogens with zero attached hydrogens (tertiary/aromatic N) is 2. The molecule has 29 heavy (non-hydrogen) atoms. The lowest BCUT2D eigenvalue weighted by molar-refractivity contribution is 0.112. The highest BCUT2D eigenvalue weighted by atomic mass is 32.2. The van der Waals surface area contributed by atoms with Gasteiger partial charge in [0.25, 0.3) is 0 Å². The van der Waals surface area contributed by atoms with Crippen molar-refractivity contribution in [2.45, 2.75) is 48.1 Å². The van der Waals surface area contributed by atoms with Gasteiger partial charge in [-0.15, -0.1) is 0 Å². The zero-order valence-electron chi connectivity index (χ0n) is 18.5. The van der Waals surface area contributed by atoms with Gasteiger partial charge in [-0.3, -0.25) is 4.79 Å². The Morgan fingerprint density at radius 1 is 0.759 bits per heavy atom. The van der Waals surface area contributed by atoms with Crippen molar-refractivity contribution in [2.75, 3.05) is 19.6 Å². The van der Waals surface area contributed by atoms with Gasteiger partial charge in [-0.25, -0.2) is 24.8 Å². The Bertz CT molecular complexity index is 1140. The molecule has 2 aromatic heterocycles. The molecule has 0 fully saturated rings. The predicted octanol–water partition coefficient (Wildman–Crippen LogP) is 1.97. The van der Waals surface area contributed by atoms with Gasteiger partial charge in [0.1, 0.15) is 0 Å². The average Bonchev–Trinajstić information content (AvgIpc) is 2.91. The summed E-state index contributed by atoms with van der Waals surface area (Å²) in [4.78, 5) is 10.7. The third kappa shape index (κ3) is 4.99. The number of carbonyl (C=O) groups excluding carboxylic acids is 1. The minimum Gasteiger partial charge on any atom is -0.316 e. The summed E-state index contributed by atoms with van der Waals surface area (Å²) in [5.74, 6) is 0. The molecule has 0 aliphatic heterocycles. The van der Waals surface area contributed by atoms with Crippen LogP contribution >= 0.6 is 0 Å². The molecule has 2 heterocycles. The molecule has 0 spiro atoms. The van der Waals surface area contributed by atoms with Crippen LogP contribution in [0.4, 0.5) is 0 Å². The van der Waals surface area contributed by atoms with Crippen LogP contribution in [0.25, 0.3) is 0 Å². The van der Waals surface area contributed by atoms with E-state index in [1.807, 2.05) is 27.8 Å². The van der Waals surface area contributed by atoms with Crippen molar-refractivity contribution in [3.8, 4) is 0 Å². The van der Waals surface area contributed by atoms with Crippen LogP contribution < -0.4 is 5.32 Å². The van der Waals surface area contributed by atoms with Gasteiger partial charge in [0.15, 0.2) is 6.29 Å². The SMILES string of the molecule is CNCc1c(C)c(C)n(S(C)(=O)=O)c1C.Cc1c(C=O)c(C)n(S(C)(=O)=O)c1C. The van der Waals surface area contributed by atoms with Crippen LogP contribution in [-0.4, -0.2) is 50.6 Å². The van der Waals surface area contributed by atoms with Crippen molar-refractivity contribution in [3.05, 3.63) is 45.0 Å². The molecule has 10 heteroatoms. The topological polar surface area (TPSA) is 107 Å². The molecular weight excluding hydrogens is 414 g/mol. The predicted molar refractivity (Wildman–Crippen MR) is 116 cm³/mol. The van der Waals surface area contributed by atoms with Gasteiger partial charge in [0.2, 0.25) is 20.0 Å². The van der Waals surface area contributed by atoms with Gasteiger partial charge in [0, 0.05) is 34.9 Å². The van der Waals surface area contributed by atoms with Gasteiger partial charge in [-0.1, -0.05) is 0 Å². The Morgan fingerprint density at radius 2 is 1.17 bits per heavy atom. The van der Waals surface area contributed by atoms with Crippen molar-refractivity contribution < 1.29 is 21.6 Å². The number of carbonyl (C=O) groups is 1. The second-order valence-electron chi connectivity index (χ2n) is 7.19. The van der Waals surface area contributed by atoms with Crippen molar-refractivity contribution in [3.63, 3.8) is 0 Å². The van der Waals surface area contributed by atoms with Crippen molar-refractivity contribution in [2.24, 2.45) is 0 Å². The van der Waals surface area contributed by atoms with Crippen molar-refractivity contribution in [1.29, 1.82) is 0 Å². The van der Waals surface area contributed by atoms with Gasteiger partial charge in [-0.2, -0.15) is 0 Å². The number of hydrogen-bond acceptors (Lipinski definition) is 6. The number of aromatic nitrogens is 2. The molecule has 2 aromatic rings. The van der Waals surface area contributed by atoms with Crippen molar-refractivity contribution in [1.82, 2.24) is 13.3 Å². The van der Waals surface area contributed by atoms with Crippen LogP contribution in [0.1, 0.15) is 49.8 Å². The second-order valence-corrected chi connectivity index (χ2v) is 10.8. The van der Waals surface area contributed by atoms with Crippen LogP contribution in [0.5, 0.6) is 0 Å². The first-order chi connectivity index (χ1) is 13.1. The van der Waals surface area contributed by atoms with Gasteiger partial charge in [-0.05, 0) is 65.3 Å². The first-order valence-corrected chi connectivity index (χ1v) is 12.7. The molecule has 0 saturated carbocycles. The molecule has 0 unspecified atom stereocenters. The molecule has 0 aliphatic rings. The van der Waals surface area contributed by atoms with E-state index in [2.05, 4.69) is 5.32 Å². The van der Waals surface area contributed by atoms with E-state index in [-0.39, 0.29) is 0 Å². The Hall–Kier alpha value is -1.91. The normalized spacial score (nSPS) is 11.9. The number of rotatable bonds is 5. The van der Waals surface area contributed by atoms with E-state index in [9.17, 15) is 21.6 Å². The molecule has 0 radical (unpaired) electrons. The van der Waals surface area contributed by atoms with E-state index >= 15 is 0 Å².